The first-order valence-corrected chi connectivity index (χ1v) is 6.77. The molecule has 1 N–H and O–H groups in total. The van der Waals surface area contributed by atoms with Gasteiger partial charge in [-0.25, -0.2) is 26.7 Å². The van der Waals surface area contributed by atoms with Crippen LogP contribution in [0.15, 0.2) is 24.3 Å². The van der Waals surface area contributed by atoms with E-state index < -0.39 is 53.3 Å². The van der Waals surface area contributed by atoms with E-state index in [1.54, 1.807) is 19.1 Å². The number of aryl methyl sites for hydroxylation is 1. The lowest BCUT2D eigenvalue weighted by atomic mass is 10.1. The first-order valence-electron chi connectivity index (χ1n) is 6.77. The zero-order chi connectivity index (χ0) is 18.7. The summed E-state index contributed by atoms with van der Waals surface area (Å²) in [7, 11) is 0. The maximum atomic E-state index is 13.4. The Balaban J connectivity index is 2.08. The van der Waals surface area contributed by atoms with Crippen LogP contribution < -0.4 is 5.32 Å². The van der Waals surface area contributed by atoms with Crippen molar-refractivity contribution in [2.24, 2.45) is 0 Å². The zero-order valence-electron chi connectivity index (χ0n) is 12.6. The van der Waals surface area contributed by atoms with Crippen LogP contribution in [0, 0.1) is 36.0 Å². The van der Waals surface area contributed by atoms with Gasteiger partial charge in [0, 0.05) is 0 Å². The molecule has 0 aliphatic heterocycles. The van der Waals surface area contributed by atoms with Crippen LogP contribution >= 0.6 is 0 Å². The van der Waals surface area contributed by atoms with Crippen molar-refractivity contribution in [2.45, 2.75) is 6.92 Å². The number of halogens is 5. The number of hydrogen-bond donors (Lipinski definition) is 1. The van der Waals surface area contributed by atoms with Crippen LogP contribution in [0.1, 0.15) is 15.9 Å². The Kier molecular flexibility index (Phi) is 5.35. The molecule has 0 heterocycles. The molecule has 9 heteroatoms. The van der Waals surface area contributed by atoms with Crippen LogP contribution in [0.2, 0.25) is 0 Å². The molecule has 0 radical (unpaired) electrons. The van der Waals surface area contributed by atoms with Gasteiger partial charge in [0.15, 0.2) is 29.9 Å². The van der Waals surface area contributed by atoms with E-state index in [0.29, 0.717) is 0 Å². The quantitative estimate of drug-likeness (QED) is 0.394. The summed E-state index contributed by atoms with van der Waals surface area (Å²) in [6, 6.07) is 6.18. The highest BCUT2D eigenvalue weighted by molar-refractivity contribution is 5.95. The van der Waals surface area contributed by atoms with E-state index in [0.717, 1.165) is 5.56 Å². The van der Waals surface area contributed by atoms with Crippen LogP contribution in [-0.4, -0.2) is 18.5 Å². The van der Waals surface area contributed by atoms with Crippen molar-refractivity contribution < 1.29 is 36.3 Å². The third-order valence-corrected chi connectivity index (χ3v) is 3.06. The molecule has 0 aliphatic carbocycles. The minimum atomic E-state index is -2.35. The number of rotatable bonds is 4. The van der Waals surface area contributed by atoms with Gasteiger partial charge < -0.3 is 10.1 Å². The highest BCUT2D eigenvalue weighted by atomic mass is 19.2. The molecule has 0 aromatic heterocycles. The molecule has 0 saturated carbocycles. The molecular weight excluding hydrogens is 349 g/mol. The molecule has 2 aromatic rings. The summed E-state index contributed by atoms with van der Waals surface area (Å²) in [6.07, 6.45) is 0. The van der Waals surface area contributed by atoms with Crippen molar-refractivity contribution >= 4 is 17.6 Å². The maximum absolute atomic E-state index is 13.4. The first-order chi connectivity index (χ1) is 11.7. The third kappa shape index (κ3) is 3.93. The molecule has 4 nitrogen and oxygen atoms in total. The van der Waals surface area contributed by atoms with Gasteiger partial charge >= 0.3 is 5.97 Å². The number of carbonyl (C=O) groups is 2. The van der Waals surface area contributed by atoms with Gasteiger partial charge in [-0.15, -0.1) is 0 Å². The van der Waals surface area contributed by atoms with Crippen LogP contribution in [0.5, 0.6) is 0 Å². The maximum Gasteiger partial charge on any atom is 0.338 e. The van der Waals surface area contributed by atoms with E-state index >= 15 is 0 Å². The predicted molar refractivity (Wildman–Crippen MR) is 76.3 cm³/mol. The minimum absolute atomic E-state index is 0.129. The summed E-state index contributed by atoms with van der Waals surface area (Å²) in [5, 5.41) is 1.49. The van der Waals surface area contributed by atoms with E-state index in [4.69, 9.17) is 0 Å². The number of amides is 1. The standard InChI is InChI=1S/C16H10F5NO3/c1-7-3-2-4-8(5-7)16(24)25-6-9(23)22-15-13(20)11(18)10(17)12(19)14(15)21/h2-5H,6H2,1H3,(H,22,23). The number of carbonyl (C=O) groups excluding carboxylic acids is 2. The fourth-order valence-corrected chi connectivity index (χ4v) is 1.88. The van der Waals surface area contributed by atoms with Crippen molar-refractivity contribution in [3.8, 4) is 0 Å². The number of anilines is 1. The van der Waals surface area contributed by atoms with Crippen LogP contribution in [0.3, 0.4) is 0 Å². The van der Waals surface area contributed by atoms with Crippen molar-refractivity contribution in [2.75, 3.05) is 11.9 Å². The van der Waals surface area contributed by atoms with Crippen LogP contribution in [-0.2, 0) is 9.53 Å². The Morgan fingerprint density at radius 3 is 2.08 bits per heavy atom. The smallest absolute Gasteiger partial charge is 0.338 e. The molecule has 0 atom stereocenters. The van der Waals surface area contributed by atoms with Gasteiger partial charge in [0.1, 0.15) is 5.69 Å². The summed E-state index contributed by atoms with van der Waals surface area (Å²) in [5.41, 5.74) is -0.641. The number of esters is 1. The molecule has 2 rings (SSSR count). The van der Waals surface area contributed by atoms with Gasteiger partial charge in [-0.05, 0) is 19.1 Å². The molecule has 1 amide bonds. The normalized spacial score (nSPS) is 10.5. The molecule has 25 heavy (non-hydrogen) atoms. The van der Waals surface area contributed by atoms with E-state index in [1.165, 1.54) is 17.4 Å². The fourth-order valence-electron chi connectivity index (χ4n) is 1.88. The molecule has 0 saturated heterocycles. The van der Waals surface area contributed by atoms with Gasteiger partial charge in [0.05, 0.1) is 5.56 Å². The fraction of sp³-hybridized carbons (Fsp3) is 0.125. The largest absolute Gasteiger partial charge is 0.452 e. The van der Waals surface area contributed by atoms with Crippen LogP contribution in [0.4, 0.5) is 27.6 Å². The Hall–Kier alpha value is -2.97. The minimum Gasteiger partial charge on any atom is -0.452 e. The summed E-state index contributed by atoms with van der Waals surface area (Å²) >= 11 is 0. The lowest BCUT2D eigenvalue weighted by molar-refractivity contribution is -0.119. The SMILES string of the molecule is Cc1cccc(C(=O)OCC(=O)Nc2c(F)c(F)c(F)c(F)c2F)c1. The summed E-state index contributed by atoms with van der Waals surface area (Å²) in [5.74, 6) is -13.3. The molecule has 2 aromatic carbocycles. The second kappa shape index (κ2) is 7.29. The Labute approximate surface area is 138 Å². The lowest BCUT2D eigenvalue weighted by Gasteiger charge is -2.10. The predicted octanol–water partition coefficient (Wildman–Crippen LogP) is 3.49. The summed E-state index contributed by atoms with van der Waals surface area (Å²) in [4.78, 5) is 23.3. The van der Waals surface area contributed by atoms with Crippen molar-refractivity contribution in [3.63, 3.8) is 0 Å². The molecular formula is C16H10F5NO3. The van der Waals surface area contributed by atoms with Gasteiger partial charge in [-0.3, -0.25) is 4.79 Å². The molecule has 0 aliphatic rings. The zero-order valence-corrected chi connectivity index (χ0v) is 12.6. The molecule has 132 valence electrons. The van der Waals surface area contributed by atoms with E-state index in [-0.39, 0.29) is 5.56 Å². The average molecular weight is 359 g/mol. The summed E-state index contributed by atoms with van der Waals surface area (Å²) < 4.78 is 70.4. The molecule has 0 unspecified atom stereocenters. The van der Waals surface area contributed by atoms with Crippen molar-refractivity contribution in [3.05, 3.63) is 64.5 Å². The summed E-state index contributed by atoms with van der Waals surface area (Å²) in [6.45, 7) is 0.735. The number of hydrogen-bond acceptors (Lipinski definition) is 3. The van der Waals surface area contributed by atoms with Gasteiger partial charge in [0.2, 0.25) is 5.82 Å². The third-order valence-electron chi connectivity index (χ3n) is 3.06. The van der Waals surface area contributed by atoms with E-state index in [2.05, 4.69) is 4.74 Å². The monoisotopic (exact) mass is 359 g/mol. The van der Waals surface area contributed by atoms with Gasteiger partial charge in [-0.1, -0.05) is 17.7 Å². The van der Waals surface area contributed by atoms with E-state index in [9.17, 15) is 31.5 Å². The molecule has 0 spiro atoms. The number of ether oxygens (including phenoxy) is 1. The lowest BCUT2D eigenvalue weighted by Crippen LogP contribution is -2.23. The number of nitrogens with one attached hydrogen (secondary N) is 1. The van der Waals surface area contributed by atoms with Gasteiger partial charge in [0.25, 0.3) is 5.91 Å². The first kappa shape index (κ1) is 18.4. The van der Waals surface area contributed by atoms with Gasteiger partial charge in [-0.2, -0.15) is 0 Å². The highest BCUT2D eigenvalue weighted by Crippen LogP contribution is 2.27. The Morgan fingerprint density at radius 1 is 0.960 bits per heavy atom. The molecule has 0 bridgehead atoms. The Bertz CT molecular complexity index is 825. The van der Waals surface area contributed by atoms with Crippen LogP contribution in [0.25, 0.3) is 0 Å². The highest BCUT2D eigenvalue weighted by Gasteiger charge is 2.27. The Morgan fingerprint density at radius 2 is 1.52 bits per heavy atom. The number of benzene rings is 2. The second-order valence-corrected chi connectivity index (χ2v) is 4.94. The van der Waals surface area contributed by atoms with Crippen molar-refractivity contribution in [1.29, 1.82) is 0 Å². The van der Waals surface area contributed by atoms with E-state index in [1.807, 2.05) is 0 Å². The average Bonchev–Trinajstić information content (AvgIpc) is 2.60. The topological polar surface area (TPSA) is 55.4 Å². The second-order valence-electron chi connectivity index (χ2n) is 4.94. The molecule has 0 fully saturated rings. The van der Waals surface area contributed by atoms with Crippen molar-refractivity contribution in [1.82, 2.24) is 0 Å².